The highest BCUT2D eigenvalue weighted by Gasteiger charge is 2.26. The van der Waals surface area contributed by atoms with E-state index in [0.717, 1.165) is 12.7 Å². The van der Waals surface area contributed by atoms with Gasteiger partial charge in [-0.05, 0) is 18.3 Å². The molecule has 0 fully saturated rings. The van der Waals surface area contributed by atoms with Gasteiger partial charge in [0.05, 0.1) is 12.2 Å². The smallest absolute Gasteiger partial charge is 0.272 e. The van der Waals surface area contributed by atoms with Crippen molar-refractivity contribution in [3.63, 3.8) is 0 Å². The van der Waals surface area contributed by atoms with E-state index in [9.17, 15) is 14.4 Å². The Hall–Kier alpha value is -2.31. The SMILES string of the molecule is CC[C@H](C)[C@@H](C=O)NC(=O)[C@H](CC(C)C)NC(=O)c1cnccn1. The molecule has 2 amide bonds. The Morgan fingerprint density at radius 1 is 1.21 bits per heavy atom. The average molecular weight is 334 g/mol. The van der Waals surface area contributed by atoms with Crippen molar-refractivity contribution in [2.24, 2.45) is 11.8 Å². The van der Waals surface area contributed by atoms with Gasteiger partial charge in [0.25, 0.3) is 5.91 Å². The Labute approximate surface area is 142 Å². The third kappa shape index (κ3) is 6.06. The normalized spacial score (nSPS) is 14.5. The van der Waals surface area contributed by atoms with Crippen molar-refractivity contribution in [1.82, 2.24) is 20.6 Å². The molecule has 132 valence electrons. The summed E-state index contributed by atoms with van der Waals surface area (Å²) >= 11 is 0. The van der Waals surface area contributed by atoms with E-state index >= 15 is 0 Å². The molecule has 24 heavy (non-hydrogen) atoms. The summed E-state index contributed by atoms with van der Waals surface area (Å²) in [6.07, 6.45) is 6.19. The first kappa shape index (κ1) is 19.7. The summed E-state index contributed by atoms with van der Waals surface area (Å²) in [5.74, 6) is -0.600. The number of aldehydes is 1. The summed E-state index contributed by atoms with van der Waals surface area (Å²) in [4.78, 5) is 43.7. The highest BCUT2D eigenvalue weighted by molar-refractivity contribution is 5.96. The zero-order valence-electron chi connectivity index (χ0n) is 14.7. The van der Waals surface area contributed by atoms with Crippen LogP contribution in [0.1, 0.15) is 51.0 Å². The molecular weight excluding hydrogens is 308 g/mol. The molecule has 0 saturated heterocycles. The van der Waals surface area contributed by atoms with E-state index in [1.54, 1.807) is 0 Å². The van der Waals surface area contributed by atoms with Crippen molar-refractivity contribution in [2.45, 2.75) is 52.6 Å². The minimum Gasteiger partial charge on any atom is -0.345 e. The topological polar surface area (TPSA) is 101 Å². The van der Waals surface area contributed by atoms with E-state index < -0.39 is 18.0 Å². The molecule has 0 spiro atoms. The number of rotatable bonds is 9. The highest BCUT2D eigenvalue weighted by Crippen LogP contribution is 2.09. The fraction of sp³-hybridized carbons (Fsp3) is 0.588. The van der Waals surface area contributed by atoms with E-state index in [1.165, 1.54) is 18.6 Å². The van der Waals surface area contributed by atoms with Crippen molar-refractivity contribution < 1.29 is 14.4 Å². The van der Waals surface area contributed by atoms with Crippen LogP contribution in [-0.2, 0) is 9.59 Å². The van der Waals surface area contributed by atoms with Gasteiger partial charge in [-0.15, -0.1) is 0 Å². The van der Waals surface area contributed by atoms with Gasteiger partial charge in [-0.1, -0.05) is 34.1 Å². The zero-order valence-corrected chi connectivity index (χ0v) is 14.7. The monoisotopic (exact) mass is 334 g/mol. The number of amides is 2. The van der Waals surface area contributed by atoms with Gasteiger partial charge < -0.3 is 15.4 Å². The number of nitrogens with zero attached hydrogens (tertiary/aromatic N) is 2. The van der Waals surface area contributed by atoms with Crippen molar-refractivity contribution in [3.05, 3.63) is 24.3 Å². The summed E-state index contributed by atoms with van der Waals surface area (Å²) in [6, 6.07) is -1.29. The fourth-order valence-corrected chi connectivity index (χ4v) is 2.18. The molecule has 1 aromatic heterocycles. The molecule has 1 rings (SSSR count). The number of carbonyl (C=O) groups excluding carboxylic acids is 3. The second-order valence-corrected chi connectivity index (χ2v) is 6.30. The molecule has 7 nitrogen and oxygen atoms in total. The van der Waals surface area contributed by atoms with E-state index in [2.05, 4.69) is 20.6 Å². The Morgan fingerprint density at radius 3 is 2.42 bits per heavy atom. The van der Waals surface area contributed by atoms with Gasteiger partial charge in [0.1, 0.15) is 18.0 Å². The summed E-state index contributed by atoms with van der Waals surface area (Å²) in [6.45, 7) is 7.77. The summed E-state index contributed by atoms with van der Waals surface area (Å²) in [5, 5.41) is 5.40. The first-order chi connectivity index (χ1) is 11.4. The largest absolute Gasteiger partial charge is 0.345 e. The zero-order chi connectivity index (χ0) is 18.1. The third-order valence-electron chi connectivity index (χ3n) is 3.84. The number of aromatic nitrogens is 2. The molecule has 3 atom stereocenters. The molecule has 7 heteroatoms. The maximum absolute atomic E-state index is 12.5. The van der Waals surface area contributed by atoms with Gasteiger partial charge in [-0.3, -0.25) is 14.6 Å². The van der Waals surface area contributed by atoms with Crippen LogP contribution in [0.15, 0.2) is 18.6 Å². The van der Waals surface area contributed by atoms with Crippen molar-refractivity contribution >= 4 is 18.1 Å². The van der Waals surface area contributed by atoms with Crippen LogP contribution in [0, 0.1) is 11.8 Å². The quantitative estimate of drug-likeness (QED) is 0.664. The fourth-order valence-electron chi connectivity index (χ4n) is 2.18. The number of carbonyl (C=O) groups is 3. The molecular formula is C17H26N4O3. The molecule has 1 aromatic rings. The van der Waals surface area contributed by atoms with Crippen LogP contribution >= 0.6 is 0 Å². The number of hydrogen-bond acceptors (Lipinski definition) is 5. The molecule has 0 aromatic carbocycles. The lowest BCUT2D eigenvalue weighted by molar-refractivity contribution is -0.126. The molecule has 0 aliphatic heterocycles. The predicted molar refractivity (Wildman–Crippen MR) is 90.2 cm³/mol. The molecule has 0 aliphatic carbocycles. The minimum atomic E-state index is -0.731. The molecule has 0 saturated carbocycles. The summed E-state index contributed by atoms with van der Waals surface area (Å²) in [7, 11) is 0. The Morgan fingerprint density at radius 2 is 1.92 bits per heavy atom. The van der Waals surface area contributed by atoms with E-state index in [-0.39, 0.29) is 23.4 Å². The van der Waals surface area contributed by atoms with Crippen LogP contribution < -0.4 is 10.6 Å². The van der Waals surface area contributed by atoms with Crippen molar-refractivity contribution in [1.29, 1.82) is 0 Å². The lowest BCUT2D eigenvalue weighted by Crippen LogP contribution is -2.52. The summed E-state index contributed by atoms with van der Waals surface area (Å²) in [5.41, 5.74) is 0.146. The van der Waals surface area contributed by atoms with Crippen LogP contribution in [0.3, 0.4) is 0 Å². The lowest BCUT2D eigenvalue weighted by Gasteiger charge is -2.24. The molecule has 0 radical (unpaired) electrons. The van der Waals surface area contributed by atoms with E-state index in [4.69, 9.17) is 0 Å². The third-order valence-corrected chi connectivity index (χ3v) is 3.84. The number of nitrogens with one attached hydrogen (secondary N) is 2. The second-order valence-electron chi connectivity index (χ2n) is 6.30. The predicted octanol–water partition coefficient (Wildman–Crippen LogP) is 1.35. The lowest BCUT2D eigenvalue weighted by atomic mass is 9.98. The van der Waals surface area contributed by atoms with Crippen LogP contribution in [-0.4, -0.2) is 40.2 Å². The molecule has 0 bridgehead atoms. The first-order valence-electron chi connectivity index (χ1n) is 8.21. The van der Waals surface area contributed by atoms with Crippen LogP contribution in [0.5, 0.6) is 0 Å². The number of hydrogen-bond donors (Lipinski definition) is 2. The van der Waals surface area contributed by atoms with Crippen molar-refractivity contribution in [3.8, 4) is 0 Å². The first-order valence-corrected chi connectivity index (χ1v) is 8.21. The van der Waals surface area contributed by atoms with Gasteiger partial charge in [0.2, 0.25) is 5.91 Å². The Kier molecular flexibility index (Phi) is 8.01. The average Bonchev–Trinajstić information content (AvgIpc) is 2.58. The maximum Gasteiger partial charge on any atom is 0.272 e. The van der Waals surface area contributed by atoms with E-state index in [0.29, 0.717) is 6.42 Å². The van der Waals surface area contributed by atoms with Gasteiger partial charge in [-0.25, -0.2) is 4.98 Å². The van der Waals surface area contributed by atoms with Crippen LogP contribution in [0.4, 0.5) is 0 Å². The molecule has 0 aliphatic rings. The Bertz CT molecular complexity index is 548. The summed E-state index contributed by atoms with van der Waals surface area (Å²) < 4.78 is 0. The standard InChI is InChI=1S/C17H26N4O3/c1-5-12(4)15(10-22)21-16(23)13(8-11(2)3)20-17(24)14-9-18-6-7-19-14/h6-7,9-13,15H,5,8H2,1-4H3,(H,20,24)(H,21,23)/t12-,13-,15+/m0/s1. The molecule has 2 N–H and O–H groups in total. The van der Waals surface area contributed by atoms with Crippen molar-refractivity contribution in [2.75, 3.05) is 0 Å². The molecule has 0 unspecified atom stereocenters. The second kappa shape index (κ2) is 9.75. The van der Waals surface area contributed by atoms with Gasteiger partial charge in [0, 0.05) is 12.4 Å². The van der Waals surface area contributed by atoms with Gasteiger partial charge >= 0.3 is 0 Å². The maximum atomic E-state index is 12.5. The van der Waals surface area contributed by atoms with Gasteiger partial charge in [-0.2, -0.15) is 0 Å². The van der Waals surface area contributed by atoms with Gasteiger partial charge in [0.15, 0.2) is 0 Å². The van der Waals surface area contributed by atoms with Crippen LogP contribution in [0.25, 0.3) is 0 Å². The minimum absolute atomic E-state index is 0.0295. The van der Waals surface area contributed by atoms with E-state index in [1.807, 2.05) is 27.7 Å². The Balaban J connectivity index is 2.82. The van der Waals surface area contributed by atoms with Crippen LogP contribution in [0.2, 0.25) is 0 Å². The highest BCUT2D eigenvalue weighted by atomic mass is 16.2. The molecule has 1 heterocycles.